The van der Waals surface area contributed by atoms with Crippen LogP contribution < -0.4 is 5.32 Å². The van der Waals surface area contributed by atoms with Crippen LogP contribution in [0.15, 0.2) is 66.0 Å². The van der Waals surface area contributed by atoms with E-state index in [-0.39, 0.29) is 11.3 Å². The fraction of sp³-hybridized carbons (Fsp3) is 0.125. The summed E-state index contributed by atoms with van der Waals surface area (Å²) < 4.78 is 42.0. The second-order valence-electron chi connectivity index (χ2n) is 4.99. The molecular formula is C16H10F3N3O. The minimum absolute atomic E-state index is 0.0834. The quantitative estimate of drug-likeness (QED) is 0.864. The van der Waals surface area contributed by atoms with Gasteiger partial charge in [-0.05, 0) is 17.7 Å². The molecule has 0 saturated heterocycles. The lowest BCUT2D eigenvalue weighted by atomic mass is 9.79. The summed E-state index contributed by atoms with van der Waals surface area (Å²) in [6.45, 7) is 0. The molecule has 2 aliphatic heterocycles. The van der Waals surface area contributed by atoms with Crippen LogP contribution in [0.1, 0.15) is 5.56 Å². The smallest absolute Gasteiger partial charge is 0.315 e. The van der Waals surface area contributed by atoms with Crippen molar-refractivity contribution in [2.24, 2.45) is 0 Å². The van der Waals surface area contributed by atoms with E-state index in [2.05, 4.69) is 0 Å². The Morgan fingerprint density at radius 1 is 1.17 bits per heavy atom. The molecule has 7 heteroatoms. The molecule has 2 aliphatic rings. The third-order valence-corrected chi connectivity index (χ3v) is 3.75. The van der Waals surface area contributed by atoms with E-state index in [0.717, 1.165) is 4.90 Å². The Morgan fingerprint density at radius 3 is 2.48 bits per heavy atom. The molecule has 0 aromatic heterocycles. The Morgan fingerprint density at radius 2 is 1.87 bits per heavy atom. The summed E-state index contributed by atoms with van der Waals surface area (Å²) in [6.07, 6.45) is 0.728. The second-order valence-corrected chi connectivity index (χ2v) is 4.99. The number of allylic oxidation sites excluding steroid dienone is 3. The van der Waals surface area contributed by atoms with Crippen molar-refractivity contribution in [1.82, 2.24) is 10.2 Å². The molecule has 0 spiro atoms. The lowest BCUT2D eigenvalue weighted by Gasteiger charge is -2.43. The number of fused-ring (bicyclic) bond motifs is 1. The fourth-order valence-electron chi connectivity index (χ4n) is 2.72. The molecule has 1 aromatic rings. The van der Waals surface area contributed by atoms with Gasteiger partial charge in [-0.15, -0.1) is 0 Å². The number of nitrogens with one attached hydrogen (secondary N) is 1. The van der Waals surface area contributed by atoms with Crippen LogP contribution in [0.5, 0.6) is 0 Å². The predicted molar refractivity (Wildman–Crippen MR) is 75.5 cm³/mol. The number of nitrogens with zero attached hydrogens (tertiary/aromatic N) is 2. The largest absolute Gasteiger partial charge is 0.420 e. The van der Waals surface area contributed by atoms with Gasteiger partial charge in [0.2, 0.25) is 5.54 Å². The maximum Gasteiger partial charge on any atom is 0.420 e. The van der Waals surface area contributed by atoms with E-state index in [1.807, 2.05) is 5.32 Å². The van der Waals surface area contributed by atoms with E-state index >= 15 is 0 Å². The van der Waals surface area contributed by atoms with Gasteiger partial charge in [0.05, 0.1) is 11.3 Å². The van der Waals surface area contributed by atoms with Crippen LogP contribution in [0.3, 0.4) is 0 Å². The number of urea groups is 1. The van der Waals surface area contributed by atoms with Crippen molar-refractivity contribution < 1.29 is 18.0 Å². The van der Waals surface area contributed by atoms with Crippen LogP contribution in [0.2, 0.25) is 0 Å². The summed E-state index contributed by atoms with van der Waals surface area (Å²) in [6, 6.07) is 7.59. The third-order valence-electron chi connectivity index (χ3n) is 3.75. The van der Waals surface area contributed by atoms with Crippen molar-refractivity contribution in [1.29, 1.82) is 5.26 Å². The number of carbonyl (C=O) groups excluding carboxylic acids is 1. The van der Waals surface area contributed by atoms with Gasteiger partial charge in [-0.2, -0.15) is 18.4 Å². The first-order chi connectivity index (χ1) is 10.9. The average Bonchev–Trinajstić information content (AvgIpc) is 2.54. The number of nitriles is 1. The van der Waals surface area contributed by atoms with Gasteiger partial charge >= 0.3 is 12.2 Å². The minimum atomic E-state index is -4.89. The highest BCUT2D eigenvalue weighted by atomic mass is 19.4. The Kier molecular flexibility index (Phi) is 3.25. The molecule has 1 N–H and O–H groups in total. The van der Waals surface area contributed by atoms with Crippen molar-refractivity contribution in [3.05, 3.63) is 71.6 Å². The Balaban J connectivity index is 2.37. The molecule has 2 amide bonds. The first-order valence-electron chi connectivity index (χ1n) is 6.65. The average molecular weight is 317 g/mol. The van der Waals surface area contributed by atoms with E-state index < -0.39 is 23.3 Å². The highest BCUT2D eigenvalue weighted by Crippen LogP contribution is 2.48. The number of rotatable bonds is 1. The molecular weight excluding hydrogens is 307 g/mol. The van der Waals surface area contributed by atoms with Crippen LogP contribution in [-0.4, -0.2) is 17.1 Å². The molecule has 116 valence electrons. The highest BCUT2D eigenvalue weighted by molar-refractivity contribution is 5.84. The van der Waals surface area contributed by atoms with Crippen molar-refractivity contribution in [2.45, 2.75) is 11.7 Å². The fourth-order valence-corrected chi connectivity index (χ4v) is 2.72. The molecule has 0 radical (unpaired) electrons. The first-order valence-corrected chi connectivity index (χ1v) is 6.65. The molecule has 2 heterocycles. The number of benzene rings is 1. The predicted octanol–water partition coefficient (Wildman–Crippen LogP) is 3.33. The van der Waals surface area contributed by atoms with Gasteiger partial charge in [-0.25, -0.2) is 4.79 Å². The number of amides is 2. The molecule has 23 heavy (non-hydrogen) atoms. The van der Waals surface area contributed by atoms with Gasteiger partial charge in [0, 0.05) is 6.20 Å². The number of halogens is 3. The third kappa shape index (κ3) is 2.03. The zero-order valence-electron chi connectivity index (χ0n) is 11.6. The van der Waals surface area contributed by atoms with E-state index in [9.17, 15) is 23.2 Å². The van der Waals surface area contributed by atoms with Crippen LogP contribution in [0.4, 0.5) is 18.0 Å². The zero-order chi connectivity index (χ0) is 16.7. The second kappa shape index (κ2) is 5.02. The maximum absolute atomic E-state index is 14.0. The Hall–Kier alpha value is -3.01. The summed E-state index contributed by atoms with van der Waals surface area (Å²) in [7, 11) is 0. The number of hydrogen-bond acceptors (Lipinski definition) is 2. The normalized spacial score (nSPS) is 23.4. The topological polar surface area (TPSA) is 56.1 Å². The van der Waals surface area contributed by atoms with Crippen LogP contribution in [0.25, 0.3) is 0 Å². The summed E-state index contributed by atoms with van der Waals surface area (Å²) in [5.74, 6) is 0. The van der Waals surface area contributed by atoms with Crippen LogP contribution >= 0.6 is 0 Å². The summed E-state index contributed by atoms with van der Waals surface area (Å²) in [5, 5.41) is 11.4. The van der Waals surface area contributed by atoms with Gasteiger partial charge in [-0.1, -0.05) is 36.4 Å². The summed E-state index contributed by atoms with van der Waals surface area (Å²) in [5.41, 5.74) is -3.75. The summed E-state index contributed by atoms with van der Waals surface area (Å²) in [4.78, 5) is 13.2. The lowest BCUT2D eigenvalue weighted by Crippen LogP contribution is -2.62. The highest BCUT2D eigenvalue weighted by Gasteiger charge is 2.63. The van der Waals surface area contributed by atoms with Gasteiger partial charge in [-0.3, -0.25) is 4.90 Å². The van der Waals surface area contributed by atoms with Gasteiger partial charge in [0.1, 0.15) is 6.07 Å². The van der Waals surface area contributed by atoms with E-state index in [4.69, 9.17) is 0 Å². The van der Waals surface area contributed by atoms with Crippen molar-refractivity contribution in [3.8, 4) is 6.07 Å². The SMILES string of the molecule is N#CC1=C2C=CC=CN2C(=O)N[C@]1(c1ccccc1)C(F)(F)F. The number of hydrogen-bond donors (Lipinski definition) is 1. The zero-order valence-corrected chi connectivity index (χ0v) is 11.6. The maximum atomic E-state index is 14.0. The van der Waals surface area contributed by atoms with Crippen LogP contribution in [-0.2, 0) is 5.54 Å². The Bertz CT molecular complexity index is 787. The summed E-state index contributed by atoms with van der Waals surface area (Å²) >= 11 is 0. The van der Waals surface area contributed by atoms with E-state index in [0.29, 0.717) is 0 Å². The van der Waals surface area contributed by atoms with Crippen molar-refractivity contribution in [3.63, 3.8) is 0 Å². The molecule has 1 aromatic carbocycles. The van der Waals surface area contributed by atoms with Gasteiger partial charge in [0.25, 0.3) is 0 Å². The molecule has 0 unspecified atom stereocenters. The Labute approximate surface area is 129 Å². The number of alkyl halides is 3. The number of carbonyl (C=O) groups is 1. The van der Waals surface area contributed by atoms with Crippen molar-refractivity contribution >= 4 is 6.03 Å². The molecule has 3 rings (SSSR count). The molecule has 1 atom stereocenters. The van der Waals surface area contributed by atoms with E-state index in [1.165, 1.54) is 48.7 Å². The van der Waals surface area contributed by atoms with Gasteiger partial charge < -0.3 is 5.32 Å². The van der Waals surface area contributed by atoms with Crippen molar-refractivity contribution in [2.75, 3.05) is 0 Å². The van der Waals surface area contributed by atoms with Gasteiger partial charge in [0.15, 0.2) is 0 Å². The molecule has 0 aliphatic carbocycles. The van der Waals surface area contributed by atoms with E-state index in [1.54, 1.807) is 12.1 Å². The molecule has 0 bridgehead atoms. The lowest BCUT2D eigenvalue weighted by molar-refractivity contribution is -0.186. The molecule has 0 fully saturated rings. The monoisotopic (exact) mass is 317 g/mol. The molecule has 0 saturated carbocycles. The van der Waals surface area contributed by atoms with Crippen LogP contribution in [0, 0.1) is 11.3 Å². The standard InChI is InChI=1S/C16H10F3N3O/c17-16(18,19)15(11-6-2-1-3-7-11)12(10-20)13-8-4-5-9-22(13)14(23)21-15/h1-9H,(H,21,23)/t15-/m0/s1. The minimum Gasteiger partial charge on any atom is -0.315 e. The first kappa shape index (κ1) is 14.9. The molecule has 4 nitrogen and oxygen atoms in total.